The van der Waals surface area contributed by atoms with Crippen LogP contribution in [0.2, 0.25) is 5.15 Å². The van der Waals surface area contributed by atoms with Gasteiger partial charge in [0.25, 0.3) is 0 Å². The molecule has 0 saturated carbocycles. The van der Waals surface area contributed by atoms with E-state index in [2.05, 4.69) is 34.3 Å². The molecule has 1 heterocycles. The lowest BCUT2D eigenvalue weighted by Gasteiger charge is -2.10. The van der Waals surface area contributed by atoms with Gasteiger partial charge in [-0.3, -0.25) is 0 Å². The first-order valence-electron chi connectivity index (χ1n) is 6.49. The van der Waals surface area contributed by atoms with E-state index in [1.54, 1.807) is 6.07 Å². The minimum atomic E-state index is 0.252. The van der Waals surface area contributed by atoms with E-state index in [-0.39, 0.29) is 5.92 Å². The van der Waals surface area contributed by atoms with Crippen molar-refractivity contribution in [2.75, 3.05) is 5.32 Å². The van der Waals surface area contributed by atoms with Gasteiger partial charge >= 0.3 is 0 Å². The SMILES string of the molecule is CCc1ccc(Nc2cc(Cl)nc(C(C)C)n2)cc1. The fourth-order valence-electron chi connectivity index (χ4n) is 1.73. The van der Waals surface area contributed by atoms with E-state index in [0.717, 1.165) is 23.8 Å². The molecule has 1 aromatic carbocycles. The number of aromatic nitrogens is 2. The smallest absolute Gasteiger partial charge is 0.135 e. The third kappa shape index (κ3) is 3.67. The Hall–Kier alpha value is -1.61. The molecular formula is C15H18ClN3. The average Bonchev–Trinajstić information content (AvgIpc) is 2.39. The molecule has 19 heavy (non-hydrogen) atoms. The summed E-state index contributed by atoms with van der Waals surface area (Å²) in [5.41, 5.74) is 2.32. The molecule has 100 valence electrons. The lowest BCUT2D eigenvalue weighted by Crippen LogP contribution is -2.02. The van der Waals surface area contributed by atoms with Crippen molar-refractivity contribution in [3.63, 3.8) is 0 Å². The third-order valence-electron chi connectivity index (χ3n) is 2.86. The second-order valence-electron chi connectivity index (χ2n) is 4.76. The molecule has 0 radical (unpaired) electrons. The first-order valence-corrected chi connectivity index (χ1v) is 6.86. The highest BCUT2D eigenvalue weighted by molar-refractivity contribution is 6.29. The van der Waals surface area contributed by atoms with Crippen LogP contribution in [-0.4, -0.2) is 9.97 Å². The number of nitrogens with zero attached hydrogens (tertiary/aromatic N) is 2. The summed E-state index contributed by atoms with van der Waals surface area (Å²) in [4.78, 5) is 8.68. The van der Waals surface area contributed by atoms with Gasteiger partial charge in [0.05, 0.1) is 0 Å². The molecular weight excluding hydrogens is 258 g/mol. The summed E-state index contributed by atoms with van der Waals surface area (Å²) < 4.78 is 0. The maximum absolute atomic E-state index is 6.02. The Morgan fingerprint density at radius 1 is 1.16 bits per heavy atom. The van der Waals surface area contributed by atoms with Gasteiger partial charge in [-0.15, -0.1) is 0 Å². The highest BCUT2D eigenvalue weighted by atomic mass is 35.5. The molecule has 4 heteroatoms. The van der Waals surface area contributed by atoms with Gasteiger partial charge in [-0.2, -0.15) is 0 Å². The van der Waals surface area contributed by atoms with Crippen LogP contribution in [0.3, 0.4) is 0 Å². The van der Waals surface area contributed by atoms with Gasteiger partial charge in [0.15, 0.2) is 0 Å². The summed E-state index contributed by atoms with van der Waals surface area (Å²) in [5, 5.41) is 3.72. The van der Waals surface area contributed by atoms with Gasteiger partial charge in [-0.25, -0.2) is 9.97 Å². The predicted octanol–water partition coefficient (Wildman–Crippen LogP) is 4.56. The lowest BCUT2D eigenvalue weighted by atomic mass is 10.1. The summed E-state index contributed by atoms with van der Waals surface area (Å²) in [6.07, 6.45) is 1.04. The van der Waals surface area contributed by atoms with Crippen molar-refractivity contribution < 1.29 is 0 Å². The Morgan fingerprint density at radius 2 is 1.84 bits per heavy atom. The number of nitrogens with one attached hydrogen (secondary N) is 1. The minimum Gasteiger partial charge on any atom is -0.340 e. The van der Waals surface area contributed by atoms with Gasteiger partial charge < -0.3 is 5.32 Å². The molecule has 0 spiro atoms. The molecule has 0 atom stereocenters. The summed E-state index contributed by atoms with van der Waals surface area (Å²) in [7, 11) is 0. The molecule has 0 saturated heterocycles. The molecule has 2 aromatic rings. The molecule has 2 rings (SSSR count). The Morgan fingerprint density at radius 3 is 2.42 bits per heavy atom. The van der Waals surface area contributed by atoms with Crippen LogP contribution in [0.5, 0.6) is 0 Å². The normalized spacial score (nSPS) is 10.8. The molecule has 0 bridgehead atoms. The molecule has 1 aromatic heterocycles. The molecule has 0 amide bonds. The molecule has 0 aliphatic heterocycles. The summed E-state index contributed by atoms with van der Waals surface area (Å²) >= 11 is 6.02. The predicted molar refractivity (Wildman–Crippen MR) is 80.2 cm³/mol. The van der Waals surface area contributed by atoms with Crippen LogP contribution >= 0.6 is 11.6 Å². The Bertz CT molecular complexity index is 550. The van der Waals surface area contributed by atoms with E-state index in [9.17, 15) is 0 Å². The van der Waals surface area contributed by atoms with E-state index in [1.165, 1.54) is 5.56 Å². The van der Waals surface area contributed by atoms with Crippen molar-refractivity contribution in [2.45, 2.75) is 33.1 Å². The van der Waals surface area contributed by atoms with Crippen LogP contribution in [0.15, 0.2) is 30.3 Å². The maximum atomic E-state index is 6.02. The number of aryl methyl sites for hydroxylation is 1. The zero-order chi connectivity index (χ0) is 13.8. The van der Waals surface area contributed by atoms with E-state index in [4.69, 9.17) is 11.6 Å². The van der Waals surface area contributed by atoms with Gasteiger partial charge in [-0.05, 0) is 24.1 Å². The topological polar surface area (TPSA) is 37.8 Å². The maximum Gasteiger partial charge on any atom is 0.135 e. The molecule has 0 fully saturated rings. The van der Waals surface area contributed by atoms with Gasteiger partial charge in [0.1, 0.15) is 16.8 Å². The van der Waals surface area contributed by atoms with Crippen molar-refractivity contribution in [2.24, 2.45) is 0 Å². The first kappa shape index (κ1) is 13.8. The summed E-state index contributed by atoms with van der Waals surface area (Å²) in [6, 6.07) is 10.0. The summed E-state index contributed by atoms with van der Waals surface area (Å²) in [5.74, 6) is 1.73. The number of anilines is 2. The van der Waals surface area contributed by atoms with Crippen molar-refractivity contribution in [1.82, 2.24) is 9.97 Å². The van der Waals surface area contributed by atoms with Crippen LogP contribution in [-0.2, 0) is 6.42 Å². The first-order chi connectivity index (χ1) is 9.08. The minimum absolute atomic E-state index is 0.252. The van der Waals surface area contributed by atoms with E-state index >= 15 is 0 Å². The molecule has 0 unspecified atom stereocenters. The number of hydrogen-bond acceptors (Lipinski definition) is 3. The summed E-state index contributed by atoms with van der Waals surface area (Å²) in [6.45, 7) is 6.23. The molecule has 3 nitrogen and oxygen atoms in total. The molecule has 0 aliphatic rings. The van der Waals surface area contributed by atoms with Crippen LogP contribution < -0.4 is 5.32 Å². The molecule has 1 N–H and O–H groups in total. The van der Waals surface area contributed by atoms with Gasteiger partial charge in [0.2, 0.25) is 0 Å². The fraction of sp³-hybridized carbons (Fsp3) is 0.333. The Balaban J connectivity index is 2.22. The van der Waals surface area contributed by atoms with Crippen molar-refractivity contribution in [1.29, 1.82) is 0 Å². The zero-order valence-electron chi connectivity index (χ0n) is 11.4. The van der Waals surface area contributed by atoms with Crippen LogP contribution in [0.25, 0.3) is 0 Å². The monoisotopic (exact) mass is 275 g/mol. The molecule has 0 aliphatic carbocycles. The van der Waals surface area contributed by atoms with Crippen molar-refractivity contribution >= 4 is 23.1 Å². The van der Waals surface area contributed by atoms with Gasteiger partial charge in [-0.1, -0.05) is 44.5 Å². The highest BCUT2D eigenvalue weighted by Crippen LogP contribution is 2.20. The fourth-order valence-corrected chi connectivity index (χ4v) is 1.92. The third-order valence-corrected chi connectivity index (χ3v) is 3.06. The second-order valence-corrected chi connectivity index (χ2v) is 5.15. The zero-order valence-corrected chi connectivity index (χ0v) is 12.2. The number of benzene rings is 1. The highest BCUT2D eigenvalue weighted by Gasteiger charge is 2.07. The van der Waals surface area contributed by atoms with E-state index in [1.807, 2.05) is 26.0 Å². The largest absolute Gasteiger partial charge is 0.340 e. The van der Waals surface area contributed by atoms with Crippen LogP contribution in [0.4, 0.5) is 11.5 Å². The van der Waals surface area contributed by atoms with E-state index in [0.29, 0.717) is 5.15 Å². The van der Waals surface area contributed by atoms with Gasteiger partial charge in [0, 0.05) is 17.7 Å². The Kier molecular flexibility index (Phi) is 4.38. The van der Waals surface area contributed by atoms with E-state index < -0.39 is 0 Å². The van der Waals surface area contributed by atoms with Crippen molar-refractivity contribution in [3.05, 3.63) is 46.9 Å². The number of halogens is 1. The van der Waals surface area contributed by atoms with Crippen LogP contribution in [0, 0.1) is 0 Å². The Labute approximate surface area is 119 Å². The van der Waals surface area contributed by atoms with Crippen LogP contribution in [0.1, 0.15) is 38.1 Å². The van der Waals surface area contributed by atoms with Crippen molar-refractivity contribution in [3.8, 4) is 0 Å². The number of hydrogen-bond donors (Lipinski definition) is 1. The average molecular weight is 276 g/mol. The number of rotatable bonds is 4. The quantitative estimate of drug-likeness (QED) is 0.831. The lowest BCUT2D eigenvalue weighted by molar-refractivity contribution is 0.776. The standard InChI is InChI=1S/C15H18ClN3/c1-4-11-5-7-12(8-6-11)17-14-9-13(16)18-15(19-14)10(2)3/h5-10H,4H2,1-3H3,(H,17,18,19). The second kappa shape index (κ2) is 6.02.